The maximum Gasteiger partial charge on any atom is 0.229 e. The third kappa shape index (κ3) is 3.59. The normalized spacial score (nSPS) is 16.5. The van der Waals surface area contributed by atoms with Gasteiger partial charge in [0, 0.05) is 48.4 Å². The second kappa shape index (κ2) is 7.39. The zero-order valence-corrected chi connectivity index (χ0v) is 18.1. The summed E-state index contributed by atoms with van der Waals surface area (Å²) in [4.78, 5) is 15.9. The summed E-state index contributed by atoms with van der Waals surface area (Å²) in [5.41, 5.74) is 4.89. The molecule has 3 heterocycles. The molecule has 3 aromatic rings. The zero-order valence-electron chi connectivity index (χ0n) is 17.3. The second-order valence-electron chi connectivity index (χ2n) is 8.43. The molecule has 1 aliphatic heterocycles. The molecule has 0 atom stereocenters. The van der Waals surface area contributed by atoms with Crippen LogP contribution in [-0.4, -0.2) is 47.4 Å². The molecule has 0 saturated heterocycles. The number of fused-ring (bicyclic) bond motifs is 2. The summed E-state index contributed by atoms with van der Waals surface area (Å²) in [6, 6.07) is 9.32. The van der Waals surface area contributed by atoms with Crippen LogP contribution in [0, 0.1) is 6.92 Å². The number of anilines is 2. The molecule has 1 aliphatic carbocycles. The molecule has 160 valence electrons. The van der Waals surface area contributed by atoms with Gasteiger partial charge in [0.1, 0.15) is 0 Å². The van der Waals surface area contributed by atoms with Gasteiger partial charge in [-0.05, 0) is 61.6 Å². The van der Waals surface area contributed by atoms with Crippen molar-refractivity contribution in [1.29, 1.82) is 0 Å². The summed E-state index contributed by atoms with van der Waals surface area (Å²) in [7, 11) is -3.45. The molecule has 1 N–H and O–H groups in total. The summed E-state index contributed by atoms with van der Waals surface area (Å²) in [6.45, 7) is 2.63. The molecule has 0 bridgehead atoms. The van der Waals surface area contributed by atoms with E-state index in [9.17, 15) is 8.42 Å². The van der Waals surface area contributed by atoms with E-state index in [1.807, 2.05) is 30.0 Å². The molecule has 5 rings (SSSR count). The third-order valence-corrected chi connectivity index (χ3v) is 7.97. The van der Waals surface area contributed by atoms with Gasteiger partial charge in [-0.2, -0.15) is 0 Å². The van der Waals surface area contributed by atoms with Crippen molar-refractivity contribution < 1.29 is 13.5 Å². The SMILES string of the molecule is Cc1ccnc(-c2cnc(N3CC4(CC4)c4ccc(S(=O)(=O)CCCO)cc43)nc2)c1. The topological polar surface area (TPSA) is 96.3 Å². The Bertz CT molecular complexity index is 1240. The highest BCUT2D eigenvalue weighted by Gasteiger charge is 2.52. The van der Waals surface area contributed by atoms with Crippen LogP contribution in [0.1, 0.15) is 30.4 Å². The highest BCUT2D eigenvalue weighted by molar-refractivity contribution is 7.91. The van der Waals surface area contributed by atoms with E-state index in [2.05, 4.69) is 15.0 Å². The van der Waals surface area contributed by atoms with Gasteiger partial charge in [-0.3, -0.25) is 4.98 Å². The van der Waals surface area contributed by atoms with Gasteiger partial charge in [-0.1, -0.05) is 6.07 Å². The van der Waals surface area contributed by atoms with E-state index in [0.29, 0.717) is 5.95 Å². The van der Waals surface area contributed by atoms with Crippen LogP contribution in [0.3, 0.4) is 0 Å². The Hall–Kier alpha value is -2.84. The first kappa shape index (κ1) is 20.1. The molecular formula is C23H24N4O3S. The molecule has 0 unspecified atom stereocenters. The molecular weight excluding hydrogens is 412 g/mol. The van der Waals surface area contributed by atoms with Crippen LogP contribution in [0.15, 0.2) is 53.8 Å². The van der Waals surface area contributed by atoms with Crippen molar-refractivity contribution in [2.24, 2.45) is 0 Å². The lowest BCUT2D eigenvalue weighted by atomic mass is 9.99. The summed E-state index contributed by atoms with van der Waals surface area (Å²) in [5, 5.41) is 9.03. The van der Waals surface area contributed by atoms with Crippen LogP contribution < -0.4 is 4.90 Å². The number of pyridine rings is 1. The number of aryl methyl sites for hydroxylation is 1. The van der Waals surface area contributed by atoms with E-state index in [0.717, 1.165) is 41.9 Å². The van der Waals surface area contributed by atoms with E-state index < -0.39 is 9.84 Å². The van der Waals surface area contributed by atoms with Crippen molar-refractivity contribution >= 4 is 21.5 Å². The van der Waals surface area contributed by atoms with Gasteiger partial charge in [0.05, 0.1) is 16.3 Å². The van der Waals surface area contributed by atoms with Crippen molar-refractivity contribution in [3.8, 4) is 11.3 Å². The lowest BCUT2D eigenvalue weighted by molar-refractivity contribution is 0.295. The van der Waals surface area contributed by atoms with E-state index in [1.54, 1.807) is 30.7 Å². The number of rotatable bonds is 6. The summed E-state index contributed by atoms with van der Waals surface area (Å²) >= 11 is 0. The van der Waals surface area contributed by atoms with E-state index in [4.69, 9.17) is 5.11 Å². The number of hydrogen-bond acceptors (Lipinski definition) is 7. The first-order valence-electron chi connectivity index (χ1n) is 10.4. The molecule has 31 heavy (non-hydrogen) atoms. The minimum atomic E-state index is -3.45. The maximum absolute atomic E-state index is 12.7. The Balaban J connectivity index is 1.50. The fraction of sp³-hybridized carbons (Fsp3) is 0.348. The lowest BCUT2D eigenvalue weighted by Gasteiger charge is -2.18. The van der Waals surface area contributed by atoms with Crippen molar-refractivity contribution in [3.05, 3.63) is 60.0 Å². The third-order valence-electron chi connectivity index (χ3n) is 6.17. The number of nitrogens with zero attached hydrogens (tertiary/aromatic N) is 4. The first-order chi connectivity index (χ1) is 14.9. The summed E-state index contributed by atoms with van der Waals surface area (Å²) in [6.07, 6.45) is 7.69. The zero-order chi connectivity index (χ0) is 21.6. The molecule has 1 spiro atoms. The van der Waals surface area contributed by atoms with Crippen molar-refractivity contribution in [2.45, 2.75) is 36.5 Å². The highest BCUT2D eigenvalue weighted by Crippen LogP contribution is 2.58. The number of hydrogen-bond donors (Lipinski definition) is 1. The molecule has 2 aliphatic rings. The molecule has 1 aromatic carbocycles. The van der Waals surface area contributed by atoms with Gasteiger partial charge in [0.15, 0.2) is 9.84 Å². The molecule has 8 heteroatoms. The summed E-state index contributed by atoms with van der Waals surface area (Å²) < 4.78 is 25.3. The van der Waals surface area contributed by atoms with Crippen molar-refractivity contribution in [1.82, 2.24) is 15.0 Å². The number of aliphatic hydroxyl groups excluding tert-OH is 1. The van der Waals surface area contributed by atoms with Crippen LogP contribution in [0.25, 0.3) is 11.3 Å². The molecule has 0 amide bonds. The Morgan fingerprint density at radius 2 is 1.87 bits per heavy atom. The van der Waals surface area contributed by atoms with Gasteiger partial charge in [-0.25, -0.2) is 18.4 Å². The average molecular weight is 437 g/mol. The smallest absolute Gasteiger partial charge is 0.229 e. The summed E-state index contributed by atoms with van der Waals surface area (Å²) in [5.74, 6) is 0.494. The number of aromatic nitrogens is 3. The minimum Gasteiger partial charge on any atom is -0.396 e. The second-order valence-corrected chi connectivity index (χ2v) is 10.5. The Kier molecular flexibility index (Phi) is 4.79. The van der Waals surface area contributed by atoms with Gasteiger partial charge in [-0.15, -0.1) is 0 Å². The van der Waals surface area contributed by atoms with E-state index in [-0.39, 0.29) is 29.1 Å². The number of sulfone groups is 1. The van der Waals surface area contributed by atoms with Crippen molar-refractivity contribution in [2.75, 3.05) is 23.8 Å². The monoisotopic (exact) mass is 436 g/mol. The predicted octanol–water partition coefficient (Wildman–Crippen LogP) is 3.19. The van der Waals surface area contributed by atoms with Crippen molar-refractivity contribution in [3.63, 3.8) is 0 Å². The quantitative estimate of drug-likeness (QED) is 0.634. The van der Waals surface area contributed by atoms with Crippen LogP contribution in [0.2, 0.25) is 0 Å². The van der Waals surface area contributed by atoms with Gasteiger partial charge in [0.25, 0.3) is 0 Å². The lowest BCUT2D eigenvalue weighted by Crippen LogP contribution is -2.21. The van der Waals surface area contributed by atoms with Gasteiger partial charge < -0.3 is 10.0 Å². The number of aliphatic hydroxyl groups is 1. The van der Waals surface area contributed by atoms with Gasteiger partial charge >= 0.3 is 0 Å². The standard InChI is InChI=1S/C23H24N4O3S/c1-16-5-8-24-20(11-16)17-13-25-22(26-14-17)27-15-23(6-7-23)19-4-3-18(12-21(19)27)31(29,30)10-2-9-28/h3-5,8,11-14,28H,2,6-7,9-10,15H2,1H3. The van der Waals surface area contributed by atoms with Gasteiger partial charge in [0.2, 0.25) is 5.95 Å². The highest BCUT2D eigenvalue weighted by atomic mass is 32.2. The van der Waals surface area contributed by atoms with Crippen LogP contribution in [0.4, 0.5) is 11.6 Å². The molecule has 1 saturated carbocycles. The molecule has 2 aromatic heterocycles. The Morgan fingerprint density at radius 1 is 1.10 bits per heavy atom. The van der Waals surface area contributed by atoms with E-state index >= 15 is 0 Å². The predicted molar refractivity (Wildman–Crippen MR) is 118 cm³/mol. The fourth-order valence-electron chi connectivity index (χ4n) is 4.27. The minimum absolute atomic E-state index is 0.0673. The molecule has 7 nitrogen and oxygen atoms in total. The Labute approximate surface area is 181 Å². The molecule has 1 fully saturated rings. The number of benzene rings is 1. The average Bonchev–Trinajstić information content (AvgIpc) is 3.49. The van der Waals surface area contributed by atoms with Crippen LogP contribution >= 0.6 is 0 Å². The Morgan fingerprint density at radius 3 is 2.55 bits per heavy atom. The molecule has 0 radical (unpaired) electrons. The van der Waals surface area contributed by atoms with E-state index in [1.165, 1.54) is 5.56 Å². The fourth-order valence-corrected chi connectivity index (χ4v) is 5.58. The van der Waals surface area contributed by atoms with Crippen LogP contribution in [-0.2, 0) is 15.3 Å². The van der Waals surface area contributed by atoms with Crippen LogP contribution in [0.5, 0.6) is 0 Å². The first-order valence-corrected chi connectivity index (χ1v) is 12.1. The largest absolute Gasteiger partial charge is 0.396 e. The maximum atomic E-state index is 12.7.